The molecule has 25 heavy (non-hydrogen) atoms. The van der Waals surface area contributed by atoms with Crippen molar-refractivity contribution in [3.63, 3.8) is 0 Å². The number of hydrogen-bond donors (Lipinski definition) is 1. The van der Waals surface area contributed by atoms with Gasteiger partial charge in [0.25, 0.3) is 5.56 Å². The lowest BCUT2D eigenvalue weighted by atomic mass is 10.1. The number of pyridine rings is 1. The number of nitrogens with zero attached hydrogens (tertiary/aromatic N) is 1. The minimum Gasteiger partial charge on any atom is -0.324 e. The Hall–Kier alpha value is -2.59. The number of halogens is 1. The van der Waals surface area contributed by atoms with Crippen LogP contribution in [-0.4, -0.2) is 10.5 Å². The summed E-state index contributed by atoms with van der Waals surface area (Å²) in [6.07, 6.45) is 0. The van der Waals surface area contributed by atoms with Crippen LogP contribution in [0.3, 0.4) is 0 Å². The van der Waals surface area contributed by atoms with Crippen LogP contribution in [-0.2, 0) is 11.3 Å². The number of carbonyl (C=O) groups is 1. The molecule has 0 aliphatic carbocycles. The number of para-hydroxylation sites is 1. The van der Waals surface area contributed by atoms with Crippen molar-refractivity contribution < 1.29 is 4.79 Å². The maximum atomic E-state index is 12.5. The Morgan fingerprint density at radius 2 is 1.80 bits per heavy atom. The molecule has 128 valence electrons. The zero-order valence-electron chi connectivity index (χ0n) is 14.4. The minimum atomic E-state index is -0.249. The Morgan fingerprint density at radius 1 is 1.04 bits per heavy atom. The lowest BCUT2D eigenvalue weighted by Gasteiger charge is -2.15. The van der Waals surface area contributed by atoms with Crippen LogP contribution >= 0.6 is 11.6 Å². The number of rotatable bonds is 3. The first kappa shape index (κ1) is 17.2. The Bertz CT molecular complexity index is 1040. The average Bonchev–Trinajstić information content (AvgIpc) is 2.54. The van der Waals surface area contributed by atoms with Crippen LogP contribution in [0.4, 0.5) is 5.69 Å². The summed E-state index contributed by atoms with van der Waals surface area (Å²) >= 11 is 5.94. The number of hydrogen-bond acceptors (Lipinski definition) is 2. The van der Waals surface area contributed by atoms with Crippen LogP contribution in [0.2, 0.25) is 5.02 Å². The molecule has 4 nitrogen and oxygen atoms in total. The van der Waals surface area contributed by atoms with Gasteiger partial charge in [-0.05, 0) is 55.7 Å². The van der Waals surface area contributed by atoms with Gasteiger partial charge in [0.15, 0.2) is 0 Å². The van der Waals surface area contributed by atoms with Gasteiger partial charge < -0.3 is 5.32 Å². The van der Waals surface area contributed by atoms with Crippen LogP contribution in [0.5, 0.6) is 0 Å². The third kappa shape index (κ3) is 3.44. The fraction of sp³-hybridized carbons (Fsp3) is 0.200. The van der Waals surface area contributed by atoms with E-state index in [4.69, 9.17) is 11.6 Å². The number of aryl methyl sites for hydroxylation is 3. The number of nitrogens with one attached hydrogen (secondary N) is 1. The van der Waals surface area contributed by atoms with Gasteiger partial charge in [-0.3, -0.25) is 14.2 Å². The molecule has 0 saturated carbocycles. The molecule has 3 aromatic rings. The van der Waals surface area contributed by atoms with Crippen LogP contribution in [0.25, 0.3) is 10.9 Å². The molecule has 0 fully saturated rings. The smallest absolute Gasteiger partial charge is 0.251 e. The molecule has 0 saturated heterocycles. The van der Waals surface area contributed by atoms with Crippen molar-refractivity contribution in [1.29, 1.82) is 0 Å². The first-order valence-electron chi connectivity index (χ1n) is 8.02. The summed E-state index contributed by atoms with van der Waals surface area (Å²) in [5, 5.41) is 4.45. The fourth-order valence-electron chi connectivity index (χ4n) is 3.04. The van der Waals surface area contributed by atoms with Crippen molar-refractivity contribution in [2.75, 3.05) is 5.32 Å². The molecule has 1 aromatic heterocycles. The summed E-state index contributed by atoms with van der Waals surface area (Å²) in [6.45, 7) is 5.69. The average molecular weight is 355 g/mol. The lowest BCUT2D eigenvalue weighted by Crippen LogP contribution is -2.28. The zero-order chi connectivity index (χ0) is 18.1. The number of aromatic nitrogens is 1. The maximum absolute atomic E-state index is 12.5. The maximum Gasteiger partial charge on any atom is 0.251 e. The first-order valence-corrected chi connectivity index (χ1v) is 8.40. The van der Waals surface area contributed by atoms with E-state index in [1.54, 1.807) is 24.3 Å². The zero-order valence-corrected chi connectivity index (χ0v) is 15.1. The second-order valence-electron chi connectivity index (χ2n) is 6.23. The largest absolute Gasteiger partial charge is 0.324 e. The van der Waals surface area contributed by atoms with Gasteiger partial charge in [-0.1, -0.05) is 29.8 Å². The third-order valence-electron chi connectivity index (χ3n) is 4.30. The summed E-state index contributed by atoms with van der Waals surface area (Å²) in [4.78, 5) is 25.0. The molecular formula is C20H19ClN2O2. The van der Waals surface area contributed by atoms with Crippen LogP contribution in [0, 0.1) is 20.8 Å². The molecule has 2 aromatic carbocycles. The Labute approximate surface area is 151 Å². The summed E-state index contributed by atoms with van der Waals surface area (Å²) in [5.41, 5.74) is 4.06. The molecule has 0 atom stereocenters. The Kier molecular flexibility index (Phi) is 4.64. The normalized spacial score (nSPS) is 10.9. The summed E-state index contributed by atoms with van der Waals surface area (Å²) in [5.74, 6) is -0.249. The molecule has 1 heterocycles. The fourth-order valence-corrected chi connectivity index (χ4v) is 3.27. The highest BCUT2D eigenvalue weighted by atomic mass is 35.5. The standard InChI is InChI=1S/C20H19ClN2O2/c1-12-5-4-6-16-13(2)10-19(25)23(20(12)16)11-18(24)22-17-8-7-15(21)9-14(17)3/h4-10H,11H2,1-3H3,(H,22,24). The monoisotopic (exact) mass is 354 g/mol. The van der Waals surface area contributed by atoms with E-state index in [-0.39, 0.29) is 18.0 Å². The highest BCUT2D eigenvalue weighted by Gasteiger charge is 2.13. The van der Waals surface area contributed by atoms with Crippen molar-refractivity contribution in [2.45, 2.75) is 27.3 Å². The van der Waals surface area contributed by atoms with Gasteiger partial charge in [-0.15, -0.1) is 0 Å². The molecule has 0 unspecified atom stereocenters. The quantitative estimate of drug-likeness (QED) is 0.765. The van der Waals surface area contributed by atoms with Crippen LogP contribution in [0.1, 0.15) is 16.7 Å². The molecule has 3 rings (SSSR count). The molecule has 0 aliphatic heterocycles. The van der Waals surface area contributed by atoms with Gasteiger partial charge in [0.2, 0.25) is 5.91 Å². The second-order valence-corrected chi connectivity index (χ2v) is 6.67. The summed E-state index contributed by atoms with van der Waals surface area (Å²) in [6, 6.07) is 12.7. The highest BCUT2D eigenvalue weighted by Crippen LogP contribution is 2.21. The van der Waals surface area contributed by atoms with E-state index in [1.165, 1.54) is 4.57 Å². The summed E-state index contributed by atoms with van der Waals surface area (Å²) < 4.78 is 1.53. The highest BCUT2D eigenvalue weighted by molar-refractivity contribution is 6.30. The van der Waals surface area contributed by atoms with Gasteiger partial charge in [0.1, 0.15) is 6.54 Å². The lowest BCUT2D eigenvalue weighted by molar-refractivity contribution is -0.116. The third-order valence-corrected chi connectivity index (χ3v) is 4.54. The van der Waals surface area contributed by atoms with E-state index in [0.29, 0.717) is 10.7 Å². The minimum absolute atomic E-state index is 0.0392. The van der Waals surface area contributed by atoms with Crippen molar-refractivity contribution in [1.82, 2.24) is 4.57 Å². The number of benzene rings is 2. The van der Waals surface area contributed by atoms with Crippen molar-refractivity contribution in [3.8, 4) is 0 Å². The molecular weight excluding hydrogens is 336 g/mol. The van der Waals surface area contributed by atoms with E-state index in [1.807, 2.05) is 39.0 Å². The van der Waals surface area contributed by atoms with Gasteiger partial charge in [-0.25, -0.2) is 0 Å². The van der Waals surface area contributed by atoms with Gasteiger partial charge in [0, 0.05) is 22.2 Å². The number of anilines is 1. The van der Waals surface area contributed by atoms with Crippen molar-refractivity contribution in [2.24, 2.45) is 0 Å². The van der Waals surface area contributed by atoms with Crippen LogP contribution in [0.15, 0.2) is 47.3 Å². The molecule has 0 bridgehead atoms. The Balaban J connectivity index is 1.98. The van der Waals surface area contributed by atoms with Crippen molar-refractivity contribution in [3.05, 3.63) is 74.5 Å². The second kappa shape index (κ2) is 6.73. The first-order chi connectivity index (χ1) is 11.9. The van der Waals surface area contributed by atoms with Crippen molar-refractivity contribution >= 4 is 34.1 Å². The molecule has 0 spiro atoms. The van der Waals surface area contributed by atoms with E-state index in [0.717, 1.165) is 27.6 Å². The summed E-state index contributed by atoms with van der Waals surface area (Å²) in [7, 11) is 0. The number of amides is 1. The predicted molar refractivity (Wildman–Crippen MR) is 103 cm³/mol. The van der Waals surface area contributed by atoms with E-state index in [9.17, 15) is 9.59 Å². The Morgan fingerprint density at radius 3 is 2.52 bits per heavy atom. The molecule has 1 N–H and O–H groups in total. The van der Waals surface area contributed by atoms with E-state index < -0.39 is 0 Å². The van der Waals surface area contributed by atoms with E-state index in [2.05, 4.69) is 5.32 Å². The van der Waals surface area contributed by atoms with Gasteiger partial charge in [0.05, 0.1) is 5.52 Å². The van der Waals surface area contributed by atoms with E-state index >= 15 is 0 Å². The molecule has 5 heteroatoms. The topological polar surface area (TPSA) is 51.1 Å². The predicted octanol–water partition coefficient (Wildman–Crippen LogP) is 4.22. The molecule has 0 aliphatic rings. The number of carbonyl (C=O) groups excluding carboxylic acids is 1. The van der Waals surface area contributed by atoms with Crippen LogP contribution < -0.4 is 10.9 Å². The number of fused-ring (bicyclic) bond motifs is 1. The molecule has 1 amide bonds. The van der Waals surface area contributed by atoms with Gasteiger partial charge in [-0.2, -0.15) is 0 Å². The molecule has 0 radical (unpaired) electrons. The SMILES string of the molecule is Cc1cc(Cl)ccc1NC(=O)Cn1c(=O)cc(C)c2cccc(C)c21. The van der Waals surface area contributed by atoms with Gasteiger partial charge >= 0.3 is 0 Å².